The summed E-state index contributed by atoms with van der Waals surface area (Å²) in [5.41, 5.74) is 3.64. The average Bonchev–Trinajstić information content (AvgIpc) is 3.16. The van der Waals surface area contributed by atoms with E-state index >= 15 is 0 Å². The van der Waals surface area contributed by atoms with Crippen LogP contribution in [0.15, 0.2) is 59.9 Å². The standard InChI is InChI=1S/C25H22F3N3O2/c26-21-6-5-18(11-22(21)27)24(30-32)17-3-1-16(2-4-17)14-31-9-7-25(8-10-31)20-13-29-23(28)12-19(20)15-33-25/h1-6,11-13,32H,7-10,14-15H2/b30-24+. The molecule has 0 unspecified atom stereocenters. The molecule has 3 aromatic rings. The minimum atomic E-state index is -0.997. The molecule has 0 atom stereocenters. The Labute approximate surface area is 189 Å². The van der Waals surface area contributed by atoms with Crippen molar-refractivity contribution >= 4 is 5.71 Å². The number of piperidine rings is 1. The van der Waals surface area contributed by atoms with Crippen molar-refractivity contribution in [2.24, 2.45) is 5.16 Å². The van der Waals surface area contributed by atoms with E-state index in [0.29, 0.717) is 12.2 Å². The second-order valence-electron chi connectivity index (χ2n) is 8.50. The van der Waals surface area contributed by atoms with Crippen LogP contribution in [0.25, 0.3) is 0 Å². The fourth-order valence-electron chi connectivity index (χ4n) is 4.73. The van der Waals surface area contributed by atoms with Gasteiger partial charge in [0.15, 0.2) is 11.6 Å². The summed E-state index contributed by atoms with van der Waals surface area (Å²) in [6.45, 7) is 2.82. The molecule has 1 N–H and O–H groups in total. The number of ether oxygens (including phenoxy) is 1. The highest BCUT2D eigenvalue weighted by molar-refractivity contribution is 6.12. The van der Waals surface area contributed by atoms with E-state index in [9.17, 15) is 18.4 Å². The molecule has 5 nitrogen and oxygen atoms in total. The molecule has 2 aliphatic heterocycles. The van der Waals surface area contributed by atoms with Crippen LogP contribution < -0.4 is 0 Å². The molecule has 5 rings (SSSR count). The average molecular weight is 453 g/mol. The normalized spacial score (nSPS) is 18.0. The number of aromatic nitrogens is 1. The third-order valence-corrected chi connectivity index (χ3v) is 6.54. The number of fused-ring (bicyclic) bond motifs is 2. The fraction of sp³-hybridized carbons (Fsp3) is 0.280. The first-order valence-corrected chi connectivity index (χ1v) is 10.8. The molecule has 0 bridgehead atoms. The second kappa shape index (κ2) is 8.61. The number of nitrogens with zero attached hydrogens (tertiary/aromatic N) is 3. The van der Waals surface area contributed by atoms with Crippen LogP contribution in [0.3, 0.4) is 0 Å². The van der Waals surface area contributed by atoms with E-state index in [1.54, 1.807) is 18.3 Å². The summed E-state index contributed by atoms with van der Waals surface area (Å²) in [4.78, 5) is 6.15. The van der Waals surface area contributed by atoms with Gasteiger partial charge in [0.05, 0.1) is 12.2 Å². The number of likely N-dealkylation sites (tertiary alicyclic amines) is 1. The maximum atomic E-state index is 13.6. The smallest absolute Gasteiger partial charge is 0.213 e. The lowest BCUT2D eigenvalue weighted by Crippen LogP contribution is -2.42. The summed E-state index contributed by atoms with van der Waals surface area (Å²) in [6.07, 6.45) is 3.23. The molecule has 1 saturated heterocycles. The highest BCUT2D eigenvalue weighted by atomic mass is 19.2. The summed E-state index contributed by atoms with van der Waals surface area (Å²) < 4.78 is 46.3. The monoisotopic (exact) mass is 453 g/mol. The first kappa shape index (κ1) is 21.6. The quantitative estimate of drug-likeness (QED) is 0.268. The molecule has 2 aromatic carbocycles. The van der Waals surface area contributed by atoms with Gasteiger partial charge < -0.3 is 9.94 Å². The van der Waals surface area contributed by atoms with Crippen LogP contribution in [0.5, 0.6) is 0 Å². The van der Waals surface area contributed by atoms with Crippen molar-refractivity contribution in [1.82, 2.24) is 9.88 Å². The maximum Gasteiger partial charge on any atom is 0.213 e. The molecule has 2 aliphatic rings. The predicted octanol–water partition coefficient (Wildman–Crippen LogP) is 4.75. The van der Waals surface area contributed by atoms with E-state index in [-0.39, 0.29) is 16.9 Å². The van der Waals surface area contributed by atoms with Crippen molar-refractivity contribution in [3.63, 3.8) is 0 Å². The van der Waals surface area contributed by atoms with Gasteiger partial charge in [-0.1, -0.05) is 29.4 Å². The number of oxime groups is 1. The molecular formula is C25H22F3N3O2. The zero-order valence-electron chi connectivity index (χ0n) is 17.8. The molecule has 8 heteroatoms. The van der Waals surface area contributed by atoms with E-state index in [2.05, 4.69) is 15.0 Å². The van der Waals surface area contributed by atoms with Crippen LogP contribution in [0, 0.1) is 17.6 Å². The van der Waals surface area contributed by atoms with Crippen molar-refractivity contribution in [2.45, 2.75) is 31.6 Å². The van der Waals surface area contributed by atoms with E-state index in [0.717, 1.165) is 61.3 Å². The minimum absolute atomic E-state index is 0.169. The molecule has 1 fully saturated rings. The lowest BCUT2D eigenvalue weighted by Gasteiger charge is -2.39. The van der Waals surface area contributed by atoms with E-state index < -0.39 is 17.6 Å². The number of pyridine rings is 1. The summed E-state index contributed by atoms with van der Waals surface area (Å²) in [5, 5.41) is 12.7. The molecular weight excluding hydrogens is 431 g/mol. The first-order valence-electron chi connectivity index (χ1n) is 10.8. The van der Waals surface area contributed by atoms with Crippen molar-refractivity contribution in [1.29, 1.82) is 0 Å². The Bertz CT molecular complexity index is 1210. The Morgan fingerprint density at radius 2 is 1.73 bits per heavy atom. The van der Waals surface area contributed by atoms with Gasteiger partial charge in [-0.05, 0) is 48.2 Å². The van der Waals surface area contributed by atoms with Gasteiger partial charge in [0.25, 0.3) is 0 Å². The molecule has 0 saturated carbocycles. The van der Waals surface area contributed by atoms with Gasteiger partial charge in [0.2, 0.25) is 5.95 Å². The fourth-order valence-corrected chi connectivity index (χ4v) is 4.73. The zero-order valence-corrected chi connectivity index (χ0v) is 17.8. The van der Waals surface area contributed by atoms with Gasteiger partial charge in [-0.25, -0.2) is 13.8 Å². The van der Waals surface area contributed by atoms with Crippen LogP contribution >= 0.6 is 0 Å². The van der Waals surface area contributed by atoms with Gasteiger partial charge in [0, 0.05) is 42.5 Å². The van der Waals surface area contributed by atoms with Gasteiger partial charge in [-0.2, -0.15) is 4.39 Å². The third-order valence-electron chi connectivity index (χ3n) is 6.54. The van der Waals surface area contributed by atoms with Gasteiger partial charge >= 0.3 is 0 Å². The topological polar surface area (TPSA) is 58.0 Å². The molecule has 170 valence electrons. The van der Waals surface area contributed by atoms with Crippen LogP contribution in [0.1, 0.15) is 40.7 Å². The van der Waals surface area contributed by atoms with Gasteiger partial charge in [-0.15, -0.1) is 0 Å². The van der Waals surface area contributed by atoms with Crippen molar-refractivity contribution < 1.29 is 23.1 Å². The lowest BCUT2D eigenvalue weighted by atomic mass is 9.84. The third kappa shape index (κ3) is 4.12. The second-order valence-corrected chi connectivity index (χ2v) is 8.50. The van der Waals surface area contributed by atoms with Crippen LogP contribution in [0.4, 0.5) is 13.2 Å². The summed E-state index contributed by atoms with van der Waals surface area (Å²) in [5.74, 6) is -2.43. The number of rotatable bonds is 4. The molecule has 1 spiro atoms. The largest absolute Gasteiger partial charge is 0.410 e. The molecule has 0 amide bonds. The SMILES string of the molecule is O/N=C(\c1ccc(CN2CCC3(CC2)OCc2cc(F)ncc23)cc1)c1ccc(F)c(F)c1. The van der Waals surface area contributed by atoms with Crippen LogP contribution in [-0.4, -0.2) is 33.9 Å². The number of hydrogen-bond donors (Lipinski definition) is 1. The van der Waals surface area contributed by atoms with E-state index in [1.807, 2.05) is 12.1 Å². The minimum Gasteiger partial charge on any atom is -0.410 e. The van der Waals surface area contributed by atoms with Crippen LogP contribution in [-0.2, 0) is 23.5 Å². The molecule has 33 heavy (non-hydrogen) atoms. The zero-order chi connectivity index (χ0) is 23.0. The molecule has 0 radical (unpaired) electrons. The van der Waals surface area contributed by atoms with E-state index in [4.69, 9.17) is 4.74 Å². The maximum absolute atomic E-state index is 13.6. The summed E-state index contributed by atoms with van der Waals surface area (Å²) >= 11 is 0. The van der Waals surface area contributed by atoms with E-state index in [1.165, 1.54) is 12.1 Å². The van der Waals surface area contributed by atoms with Crippen molar-refractivity contribution in [3.8, 4) is 0 Å². The lowest BCUT2D eigenvalue weighted by molar-refractivity contribution is -0.0800. The Morgan fingerprint density at radius 1 is 1.00 bits per heavy atom. The predicted molar refractivity (Wildman–Crippen MR) is 115 cm³/mol. The summed E-state index contributed by atoms with van der Waals surface area (Å²) in [7, 11) is 0. The van der Waals surface area contributed by atoms with Gasteiger partial charge in [-0.3, -0.25) is 4.90 Å². The van der Waals surface area contributed by atoms with Crippen molar-refractivity contribution in [3.05, 3.63) is 100 Å². The number of benzene rings is 2. The highest BCUT2D eigenvalue weighted by Crippen LogP contribution is 2.44. The molecule has 0 aliphatic carbocycles. The highest BCUT2D eigenvalue weighted by Gasteiger charge is 2.43. The Morgan fingerprint density at radius 3 is 2.42 bits per heavy atom. The number of hydrogen-bond acceptors (Lipinski definition) is 5. The van der Waals surface area contributed by atoms with Gasteiger partial charge in [0.1, 0.15) is 5.71 Å². The Balaban J connectivity index is 1.24. The number of halogens is 3. The Kier molecular flexibility index (Phi) is 5.64. The van der Waals surface area contributed by atoms with Crippen LogP contribution in [0.2, 0.25) is 0 Å². The van der Waals surface area contributed by atoms with Crippen molar-refractivity contribution in [2.75, 3.05) is 13.1 Å². The first-order chi connectivity index (χ1) is 16.0. The molecule has 3 heterocycles. The summed E-state index contributed by atoms with van der Waals surface area (Å²) in [6, 6.07) is 12.3. The Hall–Kier alpha value is -3.23. The molecule has 1 aromatic heterocycles.